The molecule has 1 heterocycles. The Labute approximate surface area is 154 Å². The maximum absolute atomic E-state index is 12.9. The van der Waals surface area contributed by atoms with Crippen molar-refractivity contribution in [3.63, 3.8) is 0 Å². The van der Waals surface area contributed by atoms with Gasteiger partial charge in [-0.05, 0) is 24.5 Å². The van der Waals surface area contributed by atoms with Crippen molar-refractivity contribution in [1.29, 1.82) is 0 Å². The number of benzene rings is 2. The Kier molecular flexibility index (Phi) is 5.54. The Morgan fingerprint density at radius 2 is 1.62 bits per heavy atom. The lowest BCUT2D eigenvalue weighted by Gasteiger charge is -2.08. The molecule has 0 aliphatic rings. The van der Waals surface area contributed by atoms with E-state index in [0.717, 1.165) is 17.7 Å². The highest BCUT2D eigenvalue weighted by Gasteiger charge is 2.23. The fourth-order valence-corrected chi connectivity index (χ4v) is 3.82. The van der Waals surface area contributed by atoms with Crippen LogP contribution in [0, 0.1) is 5.92 Å². The first-order chi connectivity index (χ1) is 12.5. The van der Waals surface area contributed by atoms with Gasteiger partial charge in [-0.2, -0.15) is 5.10 Å². The Morgan fingerprint density at radius 1 is 1.00 bits per heavy atom. The van der Waals surface area contributed by atoms with Crippen LogP contribution in [0.1, 0.15) is 20.3 Å². The lowest BCUT2D eigenvalue weighted by molar-refractivity contribution is 0.552. The summed E-state index contributed by atoms with van der Waals surface area (Å²) in [5.41, 5.74) is 2.03. The zero-order chi connectivity index (χ0) is 18.6. The van der Waals surface area contributed by atoms with Crippen molar-refractivity contribution >= 4 is 10.0 Å². The van der Waals surface area contributed by atoms with E-state index in [9.17, 15) is 8.42 Å². The number of rotatable bonds is 7. The maximum atomic E-state index is 12.9. The number of hydrogen-bond acceptors (Lipinski definition) is 3. The molecular formula is C20H23N3O2S. The van der Waals surface area contributed by atoms with Crippen molar-refractivity contribution in [2.45, 2.75) is 25.2 Å². The molecule has 3 rings (SSSR count). The van der Waals surface area contributed by atoms with Crippen LogP contribution in [-0.4, -0.2) is 24.7 Å². The van der Waals surface area contributed by atoms with Crippen molar-refractivity contribution in [3.8, 4) is 16.9 Å². The maximum Gasteiger partial charge on any atom is 0.244 e. The molecule has 0 fully saturated rings. The average Bonchev–Trinajstić information content (AvgIpc) is 3.09. The summed E-state index contributed by atoms with van der Waals surface area (Å²) in [6.07, 6.45) is 2.36. The molecule has 3 aromatic rings. The van der Waals surface area contributed by atoms with Crippen molar-refractivity contribution < 1.29 is 8.42 Å². The van der Waals surface area contributed by atoms with Gasteiger partial charge in [-0.15, -0.1) is 0 Å². The number of sulfonamides is 1. The molecule has 2 aromatic carbocycles. The van der Waals surface area contributed by atoms with Gasteiger partial charge < -0.3 is 0 Å². The van der Waals surface area contributed by atoms with Crippen molar-refractivity contribution in [1.82, 2.24) is 14.5 Å². The highest BCUT2D eigenvalue weighted by molar-refractivity contribution is 7.89. The van der Waals surface area contributed by atoms with Crippen LogP contribution < -0.4 is 4.72 Å². The van der Waals surface area contributed by atoms with Gasteiger partial charge in [0, 0.05) is 12.1 Å². The SMILES string of the molecule is CC(C)CCNS(=O)(=O)c1cn(-c2ccccc2)nc1-c1ccccc1. The first-order valence-electron chi connectivity index (χ1n) is 8.67. The Balaban J connectivity index is 2.04. The zero-order valence-electron chi connectivity index (χ0n) is 15.0. The lowest BCUT2D eigenvalue weighted by Crippen LogP contribution is -2.25. The molecule has 0 saturated carbocycles. The van der Waals surface area contributed by atoms with E-state index in [1.165, 1.54) is 0 Å². The summed E-state index contributed by atoms with van der Waals surface area (Å²) in [4.78, 5) is 0.191. The van der Waals surface area contributed by atoms with Gasteiger partial charge >= 0.3 is 0 Å². The standard InChI is InChI=1S/C20H23N3O2S/c1-16(2)13-14-21-26(24,25)19-15-23(18-11-7-4-8-12-18)22-20(19)17-9-5-3-6-10-17/h3-12,15-16,21H,13-14H2,1-2H3. The summed E-state index contributed by atoms with van der Waals surface area (Å²) in [5.74, 6) is 0.429. The van der Waals surface area contributed by atoms with E-state index in [1.54, 1.807) is 10.9 Å². The van der Waals surface area contributed by atoms with Crippen LogP contribution >= 0.6 is 0 Å². The van der Waals surface area contributed by atoms with Gasteiger partial charge in [0.15, 0.2) is 0 Å². The first-order valence-corrected chi connectivity index (χ1v) is 10.2. The molecule has 1 aromatic heterocycles. The van der Waals surface area contributed by atoms with Crippen LogP contribution in [0.25, 0.3) is 16.9 Å². The molecule has 0 aliphatic heterocycles. The van der Waals surface area contributed by atoms with Gasteiger partial charge in [0.05, 0.1) is 11.9 Å². The molecule has 0 spiro atoms. The Hall–Kier alpha value is -2.44. The van der Waals surface area contributed by atoms with E-state index in [4.69, 9.17) is 0 Å². The van der Waals surface area contributed by atoms with Gasteiger partial charge in [0.25, 0.3) is 0 Å². The fraction of sp³-hybridized carbons (Fsp3) is 0.250. The third-order valence-electron chi connectivity index (χ3n) is 4.05. The van der Waals surface area contributed by atoms with Crippen LogP contribution in [0.15, 0.2) is 71.8 Å². The van der Waals surface area contributed by atoms with Crippen LogP contribution in [-0.2, 0) is 10.0 Å². The van der Waals surface area contributed by atoms with E-state index >= 15 is 0 Å². The molecule has 26 heavy (non-hydrogen) atoms. The molecule has 1 N–H and O–H groups in total. The molecule has 0 atom stereocenters. The molecular weight excluding hydrogens is 346 g/mol. The minimum Gasteiger partial charge on any atom is -0.239 e. The summed E-state index contributed by atoms with van der Waals surface area (Å²) >= 11 is 0. The second-order valence-corrected chi connectivity index (χ2v) is 8.30. The van der Waals surface area contributed by atoms with E-state index in [1.807, 2.05) is 60.7 Å². The normalized spacial score (nSPS) is 11.8. The average molecular weight is 369 g/mol. The summed E-state index contributed by atoms with van der Waals surface area (Å²) in [7, 11) is -3.66. The predicted molar refractivity (Wildman–Crippen MR) is 104 cm³/mol. The lowest BCUT2D eigenvalue weighted by atomic mass is 10.1. The van der Waals surface area contributed by atoms with Gasteiger partial charge in [-0.25, -0.2) is 17.8 Å². The molecule has 5 nitrogen and oxygen atoms in total. The quantitative estimate of drug-likeness (QED) is 0.688. The van der Waals surface area contributed by atoms with Crippen LogP contribution in [0.5, 0.6) is 0 Å². The van der Waals surface area contributed by atoms with Crippen LogP contribution in [0.3, 0.4) is 0 Å². The van der Waals surface area contributed by atoms with Crippen LogP contribution in [0.2, 0.25) is 0 Å². The van der Waals surface area contributed by atoms with Gasteiger partial charge in [0.1, 0.15) is 10.6 Å². The van der Waals surface area contributed by atoms with E-state index in [-0.39, 0.29) is 4.90 Å². The molecule has 6 heteroatoms. The number of hydrogen-bond donors (Lipinski definition) is 1. The van der Waals surface area contributed by atoms with Gasteiger partial charge in [0.2, 0.25) is 10.0 Å². The predicted octanol–water partition coefficient (Wildman–Crippen LogP) is 3.86. The molecule has 0 saturated heterocycles. The van der Waals surface area contributed by atoms with Crippen molar-refractivity contribution in [2.75, 3.05) is 6.54 Å². The second kappa shape index (κ2) is 7.85. The highest BCUT2D eigenvalue weighted by atomic mass is 32.2. The zero-order valence-corrected chi connectivity index (χ0v) is 15.8. The van der Waals surface area contributed by atoms with Gasteiger partial charge in [-0.3, -0.25) is 0 Å². The molecule has 0 unspecified atom stereocenters. The molecule has 136 valence electrons. The number of para-hydroxylation sites is 1. The summed E-state index contributed by atoms with van der Waals surface area (Å²) in [6.45, 7) is 4.54. The Bertz CT molecular complexity index is 949. The third kappa shape index (κ3) is 4.20. The number of aromatic nitrogens is 2. The fourth-order valence-electron chi connectivity index (χ4n) is 2.62. The molecule has 0 amide bonds. The van der Waals surface area contributed by atoms with Crippen molar-refractivity contribution in [3.05, 3.63) is 66.9 Å². The minimum absolute atomic E-state index is 0.191. The van der Waals surface area contributed by atoms with Crippen LogP contribution in [0.4, 0.5) is 0 Å². The van der Waals surface area contributed by atoms with E-state index < -0.39 is 10.0 Å². The van der Waals surface area contributed by atoms with E-state index in [2.05, 4.69) is 23.7 Å². The molecule has 0 bridgehead atoms. The van der Waals surface area contributed by atoms with Crippen molar-refractivity contribution in [2.24, 2.45) is 5.92 Å². The minimum atomic E-state index is -3.66. The summed E-state index contributed by atoms with van der Waals surface area (Å²) in [6, 6.07) is 18.9. The topological polar surface area (TPSA) is 64.0 Å². The van der Waals surface area contributed by atoms with E-state index in [0.29, 0.717) is 18.2 Å². The summed E-state index contributed by atoms with van der Waals surface area (Å²) in [5, 5.41) is 4.56. The third-order valence-corrected chi connectivity index (χ3v) is 5.51. The number of nitrogens with one attached hydrogen (secondary N) is 1. The molecule has 0 radical (unpaired) electrons. The highest BCUT2D eigenvalue weighted by Crippen LogP contribution is 2.27. The molecule has 0 aliphatic carbocycles. The Morgan fingerprint density at radius 3 is 2.23 bits per heavy atom. The first kappa shape index (κ1) is 18.4. The largest absolute Gasteiger partial charge is 0.244 e. The summed E-state index contributed by atoms with van der Waals surface area (Å²) < 4.78 is 30.1. The van der Waals surface area contributed by atoms with Gasteiger partial charge in [-0.1, -0.05) is 62.4 Å². The monoisotopic (exact) mass is 369 g/mol. The number of nitrogens with zero attached hydrogens (tertiary/aromatic N) is 2. The smallest absolute Gasteiger partial charge is 0.239 e. The second-order valence-electron chi connectivity index (χ2n) is 6.57.